The smallest absolute Gasteiger partial charge is 0.125 e. The lowest BCUT2D eigenvalue weighted by atomic mass is 10.1. The van der Waals surface area contributed by atoms with Gasteiger partial charge in [0.05, 0.1) is 6.04 Å². The maximum absolute atomic E-state index is 5.97. The van der Waals surface area contributed by atoms with Crippen LogP contribution < -0.4 is 11.1 Å². The number of hydrogen-bond acceptors (Lipinski definition) is 2. The van der Waals surface area contributed by atoms with Crippen LogP contribution in [0.25, 0.3) is 0 Å². The van der Waals surface area contributed by atoms with Crippen LogP contribution >= 0.6 is 0 Å². The van der Waals surface area contributed by atoms with E-state index in [1.54, 1.807) is 0 Å². The zero-order valence-corrected chi connectivity index (χ0v) is 12.6. The van der Waals surface area contributed by atoms with Gasteiger partial charge >= 0.3 is 0 Å². The third-order valence-corrected chi connectivity index (χ3v) is 3.27. The molecule has 1 fully saturated rings. The summed E-state index contributed by atoms with van der Waals surface area (Å²) in [6, 6.07) is 0.412. The molecule has 0 saturated carbocycles. The van der Waals surface area contributed by atoms with Gasteiger partial charge in [-0.3, -0.25) is 4.99 Å². The van der Waals surface area contributed by atoms with Crippen molar-refractivity contribution in [3.05, 3.63) is 24.8 Å². The van der Waals surface area contributed by atoms with E-state index in [1.807, 2.05) is 6.08 Å². The van der Waals surface area contributed by atoms with Gasteiger partial charge < -0.3 is 11.1 Å². The van der Waals surface area contributed by atoms with Crippen molar-refractivity contribution in [3.8, 4) is 0 Å². The lowest BCUT2D eigenvalue weighted by molar-refractivity contribution is 0.459. The Morgan fingerprint density at radius 2 is 2.10 bits per heavy atom. The van der Waals surface area contributed by atoms with Crippen LogP contribution in [0, 0.1) is 0 Å². The van der Waals surface area contributed by atoms with E-state index < -0.39 is 0 Å². The molecular weight excluding hydrogens is 248 g/mol. The van der Waals surface area contributed by atoms with Crippen molar-refractivity contribution in [1.29, 1.82) is 0 Å². The van der Waals surface area contributed by atoms with Gasteiger partial charge in [0.25, 0.3) is 0 Å². The maximum Gasteiger partial charge on any atom is 0.125 e. The van der Waals surface area contributed by atoms with Crippen molar-refractivity contribution < 1.29 is 0 Å². The molecule has 0 unspecified atom stereocenters. The highest BCUT2D eigenvalue weighted by atomic mass is 15.0. The van der Waals surface area contributed by atoms with E-state index in [0.29, 0.717) is 11.9 Å². The number of rotatable bonds is 7. The Morgan fingerprint density at radius 3 is 2.75 bits per heavy atom. The second kappa shape index (κ2) is 10.4. The normalized spacial score (nSPS) is 18.6. The Kier molecular flexibility index (Phi) is 8.63. The minimum absolute atomic E-state index is 0.412. The largest absolute Gasteiger partial charge is 0.387 e. The number of nitrogens with zero attached hydrogens (tertiary/aromatic N) is 2. The van der Waals surface area contributed by atoms with Crippen LogP contribution in [0.4, 0.5) is 0 Å². The SMILES string of the molecule is C=CC/C=C\CCC(N)=NC(CC)=NC1CCNCC1. The molecule has 0 amide bonds. The van der Waals surface area contributed by atoms with Crippen LogP contribution in [0.3, 0.4) is 0 Å². The summed E-state index contributed by atoms with van der Waals surface area (Å²) >= 11 is 0. The topological polar surface area (TPSA) is 62.8 Å². The van der Waals surface area contributed by atoms with Crippen LogP contribution in [0.2, 0.25) is 0 Å². The second-order valence-electron chi connectivity index (χ2n) is 5.02. The minimum Gasteiger partial charge on any atom is -0.387 e. The number of aliphatic imine (C=N–C) groups is 2. The second-order valence-corrected chi connectivity index (χ2v) is 5.02. The van der Waals surface area contributed by atoms with E-state index in [4.69, 9.17) is 10.7 Å². The fourth-order valence-corrected chi connectivity index (χ4v) is 2.11. The molecule has 0 aromatic rings. The van der Waals surface area contributed by atoms with Gasteiger partial charge in [-0.1, -0.05) is 25.2 Å². The maximum atomic E-state index is 5.97. The zero-order valence-electron chi connectivity index (χ0n) is 12.6. The predicted octanol–water partition coefficient (Wildman–Crippen LogP) is 2.82. The summed E-state index contributed by atoms with van der Waals surface area (Å²) < 4.78 is 0. The van der Waals surface area contributed by atoms with Gasteiger partial charge in [0.15, 0.2) is 0 Å². The van der Waals surface area contributed by atoms with Crippen LogP contribution in [0.15, 0.2) is 34.8 Å². The monoisotopic (exact) mass is 276 g/mol. The van der Waals surface area contributed by atoms with Crippen molar-refractivity contribution in [3.63, 3.8) is 0 Å². The van der Waals surface area contributed by atoms with E-state index in [9.17, 15) is 0 Å². The number of hydrogen-bond donors (Lipinski definition) is 2. The van der Waals surface area contributed by atoms with Gasteiger partial charge in [0, 0.05) is 12.8 Å². The third-order valence-electron chi connectivity index (χ3n) is 3.27. The van der Waals surface area contributed by atoms with Crippen molar-refractivity contribution in [2.45, 2.75) is 51.5 Å². The lowest BCUT2D eigenvalue weighted by Gasteiger charge is -2.19. The average Bonchev–Trinajstić information content (AvgIpc) is 2.47. The molecular formula is C16H28N4. The van der Waals surface area contributed by atoms with E-state index in [0.717, 1.165) is 57.5 Å². The lowest BCUT2D eigenvalue weighted by Crippen LogP contribution is -2.30. The fourth-order valence-electron chi connectivity index (χ4n) is 2.11. The number of amidine groups is 2. The Balaban J connectivity index is 2.45. The summed E-state index contributed by atoms with van der Waals surface area (Å²) in [5.74, 6) is 1.58. The summed E-state index contributed by atoms with van der Waals surface area (Å²) in [6.07, 6.45) is 11.8. The summed E-state index contributed by atoms with van der Waals surface area (Å²) in [6.45, 7) is 7.87. The van der Waals surface area contributed by atoms with Crippen LogP contribution in [-0.4, -0.2) is 30.8 Å². The van der Waals surface area contributed by atoms with Crippen molar-refractivity contribution in [2.75, 3.05) is 13.1 Å². The van der Waals surface area contributed by atoms with E-state index in [2.05, 4.69) is 36.0 Å². The number of nitrogens with two attached hydrogens (primary N) is 1. The highest BCUT2D eigenvalue weighted by Crippen LogP contribution is 2.08. The van der Waals surface area contributed by atoms with Crippen LogP contribution in [0.5, 0.6) is 0 Å². The van der Waals surface area contributed by atoms with Crippen molar-refractivity contribution in [2.24, 2.45) is 15.7 Å². The van der Waals surface area contributed by atoms with Gasteiger partial charge in [0.1, 0.15) is 11.7 Å². The van der Waals surface area contributed by atoms with Crippen LogP contribution in [-0.2, 0) is 0 Å². The first-order valence-electron chi connectivity index (χ1n) is 7.62. The molecule has 1 rings (SSSR count). The number of nitrogens with one attached hydrogen (secondary N) is 1. The quantitative estimate of drug-likeness (QED) is 0.427. The molecule has 0 aromatic heterocycles. The van der Waals surface area contributed by atoms with E-state index >= 15 is 0 Å². The molecule has 1 heterocycles. The molecule has 0 radical (unpaired) electrons. The van der Waals surface area contributed by atoms with Crippen molar-refractivity contribution in [1.82, 2.24) is 5.32 Å². The fraction of sp³-hybridized carbons (Fsp3) is 0.625. The van der Waals surface area contributed by atoms with E-state index in [-0.39, 0.29) is 0 Å². The molecule has 0 aliphatic carbocycles. The first-order valence-corrected chi connectivity index (χ1v) is 7.62. The molecule has 4 heteroatoms. The third kappa shape index (κ3) is 7.24. The highest BCUT2D eigenvalue weighted by Gasteiger charge is 2.12. The zero-order chi connectivity index (χ0) is 14.6. The molecule has 1 aliphatic heterocycles. The average molecular weight is 276 g/mol. The van der Waals surface area contributed by atoms with Crippen LogP contribution in [0.1, 0.15) is 45.4 Å². The predicted molar refractivity (Wildman–Crippen MR) is 88.4 cm³/mol. The van der Waals surface area contributed by atoms with Gasteiger partial charge in [-0.2, -0.15) is 0 Å². The molecule has 20 heavy (non-hydrogen) atoms. The van der Waals surface area contributed by atoms with Gasteiger partial charge in [-0.15, -0.1) is 6.58 Å². The molecule has 4 nitrogen and oxygen atoms in total. The minimum atomic E-state index is 0.412. The number of allylic oxidation sites excluding steroid dienone is 3. The standard InChI is InChI=1S/C16H28N4/c1-3-5-6-7-8-9-15(17)20-16(4-2)19-14-10-12-18-13-11-14/h3,6-7,14,18H,1,4-5,8-13H2,2H3,(H2,17,19,20)/b7-6-. The Hall–Kier alpha value is -1.42. The number of piperidine rings is 1. The molecule has 1 aliphatic rings. The Bertz CT molecular complexity index is 363. The molecule has 0 aromatic carbocycles. The molecule has 1 saturated heterocycles. The Morgan fingerprint density at radius 1 is 1.35 bits per heavy atom. The summed E-state index contributed by atoms with van der Waals surface area (Å²) in [7, 11) is 0. The highest BCUT2D eigenvalue weighted by molar-refractivity contribution is 5.96. The van der Waals surface area contributed by atoms with Gasteiger partial charge in [-0.25, -0.2) is 4.99 Å². The summed E-state index contributed by atoms with van der Waals surface area (Å²) in [4.78, 5) is 9.21. The van der Waals surface area contributed by atoms with E-state index in [1.165, 1.54) is 0 Å². The summed E-state index contributed by atoms with van der Waals surface area (Å²) in [5.41, 5.74) is 5.97. The van der Waals surface area contributed by atoms with Crippen molar-refractivity contribution >= 4 is 11.7 Å². The Labute approximate surface area is 123 Å². The first kappa shape index (κ1) is 16.6. The molecule has 112 valence electrons. The molecule has 0 spiro atoms. The molecule has 0 atom stereocenters. The molecule has 3 N–H and O–H groups in total. The first-order chi connectivity index (χ1) is 9.76. The van der Waals surface area contributed by atoms with Gasteiger partial charge in [0.2, 0.25) is 0 Å². The van der Waals surface area contributed by atoms with Gasteiger partial charge in [-0.05, 0) is 38.8 Å². The summed E-state index contributed by atoms with van der Waals surface area (Å²) in [5, 5.41) is 3.35. The molecule has 0 bridgehead atoms.